The summed E-state index contributed by atoms with van der Waals surface area (Å²) in [6.45, 7) is 8.60. The van der Waals surface area contributed by atoms with Crippen LogP contribution in [0.25, 0.3) is 0 Å². The number of hydrogen-bond donors (Lipinski definition) is 3. The molecular formula is C25H38I4O4. The lowest BCUT2D eigenvalue weighted by atomic mass is 9.42. The first-order chi connectivity index (χ1) is 15.0. The summed E-state index contributed by atoms with van der Waals surface area (Å²) in [7, 11) is 0. The standard InChI is InChI=1S/C25H38I4O4/c1-14(5-6-15(2)30)17-8-10-23(27)21(17,4)18(32)13-24(28)20(3)9-7-16(31)11-22(20,26)12-19(33)25(23,24)29/h14,16-19,31-33H,5-13H2,1-4H3/t14-,16-,17-,18+,19-,20+,21+,22-,23+,24+,25-/m1/s1. The van der Waals surface area contributed by atoms with Crippen molar-refractivity contribution in [1.82, 2.24) is 0 Å². The van der Waals surface area contributed by atoms with Crippen LogP contribution in [-0.2, 0) is 4.79 Å². The van der Waals surface area contributed by atoms with Crippen LogP contribution in [0.15, 0.2) is 0 Å². The van der Waals surface area contributed by atoms with Crippen molar-refractivity contribution >= 4 is 96.1 Å². The molecule has 0 aromatic carbocycles. The first kappa shape index (κ1) is 28.5. The van der Waals surface area contributed by atoms with Gasteiger partial charge in [0.25, 0.3) is 0 Å². The monoisotopic (exact) mass is 910 g/mol. The zero-order valence-corrected chi connectivity index (χ0v) is 28.6. The van der Waals surface area contributed by atoms with Gasteiger partial charge in [0, 0.05) is 22.1 Å². The van der Waals surface area contributed by atoms with Crippen LogP contribution in [0, 0.1) is 22.7 Å². The van der Waals surface area contributed by atoms with Crippen LogP contribution in [0.2, 0.25) is 0 Å². The average molecular weight is 910 g/mol. The van der Waals surface area contributed by atoms with Crippen molar-refractivity contribution in [3.05, 3.63) is 0 Å². The minimum Gasteiger partial charge on any atom is -0.393 e. The van der Waals surface area contributed by atoms with Crippen LogP contribution in [0.1, 0.15) is 85.5 Å². The van der Waals surface area contributed by atoms with E-state index in [1.54, 1.807) is 6.92 Å². The molecule has 0 saturated heterocycles. The smallest absolute Gasteiger partial charge is 0.129 e. The first-order valence-corrected chi connectivity index (χ1v) is 16.6. The maximum atomic E-state index is 12.0. The Balaban J connectivity index is 1.82. The average Bonchev–Trinajstić information content (AvgIpc) is 3.00. The molecule has 0 bridgehead atoms. The van der Waals surface area contributed by atoms with E-state index < -0.39 is 15.6 Å². The van der Waals surface area contributed by atoms with Crippen LogP contribution >= 0.6 is 90.4 Å². The van der Waals surface area contributed by atoms with Crippen molar-refractivity contribution in [3.8, 4) is 0 Å². The number of carbonyl (C=O) groups excluding carboxylic acids is 1. The summed E-state index contributed by atoms with van der Waals surface area (Å²) in [6, 6.07) is 0. The molecule has 0 unspecified atom stereocenters. The largest absolute Gasteiger partial charge is 0.393 e. The Bertz CT molecular complexity index is 828. The molecule has 4 aliphatic rings. The van der Waals surface area contributed by atoms with Crippen molar-refractivity contribution in [2.45, 2.75) is 117 Å². The van der Waals surface area contributed by atoms with E-state index >= 15 is 0 Å². The van der Waals surface area contributed by atoms with E-state index in [-0.39, 0.29) is 33.0 Å². The normalized spacial score (nSPS) is 57.1. The number of fused-ring (bicyclic) bond motifs is 5. The molecule has 11 atom stereocenters. The Morgan fingerprint density at radius 3 is 2.18 bits per heavy atom. The predicted molar refractivity (Wildman–Crippen MR) is 166 cm³/mol. The van der Waals surface area contributed by atoms with E-state index in [1.807, 2.05) is 0 Å². The SMILES string of the molecule is CC(=O)CC[C@@H](C)[C@H]1CC[C@]2(I)[C@]1(C)[C@@H](O)C[C@]1(I)[C@@]3(C)CC[C@@H](O)C[C@@]3(I)C[C@@H](O)[C@@]21I. The lowest BCUT2D eigenvalue weighted by Crippen LogP contribution is -2.84. The van der Waals surface area contributed by atoms with Gasteiger partial charge in [0.2, 0.25) is 0 Å². The van der Waals surface area contributed by atoms with Gasteiger partial charge in [-0.2, -0.15) is 0 Å². The number of carbonyl (C=O) groups is 1. The molecule has 4 nitrogen and oxygen atoms in total. The van der Waals surface area contributed by atoms with E-state index in [1.165, 1.54) is 0 Å². The van der Waals surface area contributed by atoms with Crippen molar-refractivity contribution < 1.29 is 20.1 Å². The molecule has 33 heavy (non-hydrogen) atoms. The third-order valence-electron chi connectivity index (χ3n) is 10.8. The fraction of sp³-hybridized carbons (Fsp3) is 0.960. The number of rotatable bonds is 4. The third kappa shape index (κ3) is 3.53. The van der Waals surface area contributed by atoms with Gasteiger partial charge >= 0.3 is 0 Å². The number of aliphatic hydroxyl groups excluding tert-OH is 3. The highest BCUT2D eigenvalue weighted by Gasteiger charge is 2.84. The van der Waals surface area contributed by atoms with Gasteiger partial charge in [-0.1, -0.05) is 111 Å². The molecule has 4 saturated carbocycles. The van der Waals surface area contributed by atoms with Crippen LogP contribution in [0.5, 0.6) is 0 Å². The second-order valence-electron chi connectivity index (χ2n) is 12.1. The van der Waals surface area contributed by atoms with Gasteiger partial charge in [0.05, 0.1) is 21.7 Å². The Morgan fingerprint density at radius 1 is 0.939 bits per heavy atom. The van der Waals surface area contributed by atoms with Gasteiger partial charge in [0.1, 0.15) is 5.78 Å². The topological polar surface area (TPSA) is 77.8 Å². The Labute approximate surface area is 253 Å². The number of alkyl halides is 4. The summed E-state index contributed by atoms with van der Waals surface area (Å²) in [4.78, 5) is 11.7. The molecule has 0 aromatic heterocycles. The second kappa shape index (κ2) is 9.01. The fourth-order valence-corrected chi connectivity index (χ4v) is 17.1. The summed E-state index contributed by atoms with van der Waals surface area (Å²) in [5.41, 5.74) is -0.421. The van der Waals surface area contributed by atoms with E-state index in [0.717, 1.165) is 32.1 Å². The fourth-order valence-electron chi connectivity index (χ4n) is 8.60. The van der Waals surface area contributed by atoms with Crippen molar-refractivity contribution in [2.75, 3.05) is 0 Å². The molecule has 0 amide bonds. The quantitative estimate of drug-likeness (QED) is 0.233. The van der Waals surface area contributed by atoms with Gasteiger partial charge in [-0.25, -0.2) is 0 Å². The molecule has 4 rings (SSSR count). The zero-order valence-electron chi connectivity index (χ0n) is 20.0. The molecule has 0 heterocycles. The molecule has 4 fully saturated rings. The highest BCUT2D eigenvalue weighted by atomic mass is 127. The molecule has 8 heteroatoms. The summed E-state index contributed by atoms with van der Waals surface area (Å²) in [6.07, 6.45) is 6.00. The number of Topliss-reactive ketones (excluding diaryl/α,β-unsaturated/α-hetero) is 1. The van der Waals surface area contributed by atoms with E-state index in [9.17, 15) is 20.1 Å². The minimum atomic E-state index is -0.500. The predicted octanol–water partition coefficient (Wildman–Crippen LogP) is 6.18. The van der Waals surface area contributed by atoms with E-state index in [2.05, 4.69) is 111 Å². The lowest BCUT2D eigenvalue weighted by molar-refractivity contribution is -0.140. The van der Waals surface area contributed by atoms with Crippen LogP contribution < -0.4 is 0 Å². The summed E-state index contributed by atoms with van der Waals surface area (Å²) in [5.74, 6) is 0.924. The molecule has 3 N–H and O–H groups in total. The minimum absolute atomic E-state index is 0.0976. The second-order valence-corrected chi connectivity index (χ2v) is 19.5. The summed E-state index contributed by atoms with van der Waals surface area (Å²) < 4.78 is -1.14. The zero-order chi connectivity index (χ0) is 24.8. The van der Waals surface area contributed by atoms with Crippen molar-refractivity contribution in [2.24, 2.45) is 22.7 Å². The van der Waals surface area contributed by atoms with E-state index in [0.29, 0.717) is 37.5 Å². The molecule has 0 radical (unpaired) electrons. The summed E-state index contributed by atoms with van der Waals surface area (Å²) in [5, 5.41) is 34.6. The van der Waals surface area contributed by atoms with Crippen LogP contribution in [0.3, 0.4) is 0 Å². The molecule has 4 aliphatic carbocycles. The van der Waals surface area contributed by atoms with Gasteiger partial charge in [-0.15, -0.1) is 0 Å². The van der Waals surface area contributed by atoms with Crippen LogP contribution in [0.4, 0.5) is 0 Å². The highest BCUT2D eigenvalue weighted by molar-refractivity contribution is 14.1. The first-order valence-electron chi connectivity index (χ1n) is 12.3. The van der Waals surface area contributed by atoms with Gasteiger partial charge in [-0.05, 0) is 75.5 Å². The summed E-state index contributed by atoms with van der Waals surface area (Å²) >= 11 is 10.5. The Hall–Kier alpha value is 2.47. The number of halogens is 4. The van der Waals surface area contributed by atoms with Gasteiger partial charge in [0.15, 0.2) is 0 Å². The lowest BCUT2D eigenvalue weighted by Gasteiger charge is -2.75. The molecular weight excluding hydrogens is 872 g/mol. The van der Waals surface area contributed by atoms with Gasteiger partial charge < -0.3 is 20.1 Å². The van der Waals surface area contributed by atoms with Crippen molar-refractivity contribution in [1.29, 1.82) is 0 Å². The molecule has 0 aromatic rings. The Kier molecular flexibility index (Phi) is 7.77. The number of aliphatic hydroxyl groups is 3. The third-order valence-corrected chi connectivity index (χ3v) is 22.5. The van der Waals surface area contributed by atoms with Gasteiger partial charge in [-0.3, -0.25) is 0 Å². The maximum Gasteiger partial charge on any atom is 0.129 e. The van der Waals surface area contributed by atoms with E-state index in [4.69, 9.17) is 0 Å². The number of hydrogen-bond acceptors (Lipinski definition) is 4. The van der Waals surface area contributed by atoms with Crippen LogP contribution in [-0.4, -0.2) is 53.1 Å². The molecule has 0 spiro atoms. The molecule has 190 valence electrons. The Morgan fingerprint density at radius 2 is 1.58 bits per heavy atom. The highest BCUT2D eigenvalue weighted by Crippen LogP contribution is 2.81. The molecule has 0 aliphatic heterocycles. The van der Waals surface area contributed by atoms with Crippen molar-refractivity contribution in [3.63, 3.8) is 0 Å². The maximum absolute atomic E-state index is 12.0. The number of ketones is 1.